The molecule has 20 heavy (non-hydrogen) atoms. The van der Waals surface area contributed by atoms with Crippen molar-refractivity contribution in [3.8, 4) is 0 Å². The predicted octanol–water partition coefficient (Wildman–Crippen LogP) is 3.21. The Bertz CT molecular complexity index is 763. The molecule has 0 amide bonds. The molecule has 0 aliphatic rings. The van der Waals surface area contributed by atoms with Gasteiger partial charge in [0.1, 0.15) is 5.82 Å². The number of hydrogen-bond acceptors (Lipinski definition) is 4. The molecule has 106 valence electrons. The zero-order chi connectivity index (χ0) is 14.9. The molecule has 0 aromatic heterocycles. The Morgan fingerprint density at radius 1 is 1.15 bits per heavy atom. The second-order valence-corrected chi connectivity index (χ2v) is 6.69. The molecule has 2 rings (SSSR count). The predicted molar refractivity (Wildman–Crippen MR) is 78.7 cm³/mol. The third-order valence-corrected chi connectivity index (χ3v) is 4.07. The molecule has 0 aliphatic heterocycles. The maximum Gasteiger partial charge on any atom is 0.175 e. The summed E-state index contributed by atoms with van der Waals surface area (Å²) in [5.74, 6) is -0.444. The van der Waals surface area contributed by atoms with Crippen LogP contribution in [0.15, 0.2) is 41.3 Å². The van der Waals surface area contributed by atoms with Crippen molar-refractivity contribution in [3.05, 3.63) is 47.2 Å². The highest BCUT2D eigenvalue weighted by Crippen LogP contribution is 2.30. The molecule has 2 aromatic rings. The summed E-state index contributed by atoms with van der Waals surface area (Å²) < 4.78 is 35.8. The number of rotatable bonds is 3. The fraction of sp³-hybridized carbons (Fsp3) is 0.0769. The van der Waals surface area contributed by atoms with Crippen LogP contribution in [0.25, 0.3) is 0 Å². The van der Waals surface area contributed by atoms with Gasteiger partial charge >= 0.3 is 0 Å². The molecular weight excluding hydrogens is 303 g/mol. The molecule has 3 N–H and O–H groups in total. The molecule has 0 saturated carbocycles. The lowest BCUT2D eigenvalue weighted by atomic mass is 10.2. The van der Waals surface area contributed by atoms with E-state index >= 15 is 0 Å². The number of nitrogens with two attached hydrogens (primary N) is 1. The summed E-state index contributed by atoms with van der Waals surface area (Å²) in [4.78, 5) is 0.130. The Kier molecular flexibility index (Phi) is 3.87. The van der Waals surface area contributed by atoms with E-state index in [-0.39, 0.29) is 15.6 Å². The quantitative estimate of drug-likeness (QED) is 0.853. The van der Waals surface area contributed by atoms with E-state index < -0.39 is 15.7 Å². The number of nitrogen functional groups attached to an aromatic ring is 1. The van der Waals surface area contributed by atoms with Crippen molar-refractivity contribution in [3.63, 3.8) is 0 Å². The van der Waals surface area contributed by atoms with Gasteiger partial charge in [0.15, 0.2) is 9.84 Å². The zero-order valence-corrected chi connectivity index (χ0v) is 12.1. The Morgan fingerprint density at radius 3 is 2.35 bits per heavy atom. The normalized spacial score (nSPS) is 11.3. The van der Waals surface area contributed by atoms with E-state index in [4.69, 9.17) is 17.3 Å². The average Bonchev–Trinajstić information content (AvgIpc) is 2.33. The summed E-state index contributed by atoms with van der Waals surface area (Å²) >= 11 is 5.90. The van der Waals surface area contributed by atoms with Gasteiger partial charge in [-0.15, -0.1) is 0 Å². The van der Waals surface area contributed by atoms with Gasteiger partial charge in [-0.1, -0.05) is 11.6 Å². The number of sulfone groups is 1. The summed E-state index contributed by atoms with van der Waals surface area (Å²) in [6, 6.07) is 8.23. The minimum atomic E-state index is -3.31. The number of halogens is 2. The van der Waals surface area contributed by atoms with Gasteiger partial charge in [-0.05, 0) is 36.4 Å². The molecule has 2 aromatic carbocycles. The molecule has 0 unspecified atom stereocenters. The summed E-state index contributed by atoms with van der Waals surface area (Å²) in [5, 5.41) is 3.13. The van der Waals surface area contributed by atoms with E-state index in [1.165, 1.54) is 36.4 Å². The second kappa shape index (κ2) is 5.30. The Balaban J connectivity index is 2.35. The van der Waals surface area contributed by atoms with E-state index in [0.717, 1.165) is 6.26 Å². The van der Waals surface area contributed by atoms with Crippen LogP contribution in [-0.2, 0) is 9.84 Å². The van der Waals surface area contributed by atoms with Crippen molar-refractivity contribution < 1.29 is 12.8 Å². The summed E-state index contributed by atoms with van der Waals surface area (Å²) in [6.07, 6.45) is 1.10. The van der Waals surface area contributed by atoms with Crippen molar-refractivity contribution in [2.45, 2.75) is 4.90 Å². The molecule has 0 saturated heterocycles. The fourth-order valence-corrected chi connectivity index (χ4v) is 2.49. The van der Waals surface area contributed by atoms with Gasteiger partial charge in [0, 0.05) is 6.26 Å². The maximum atomic E-state index is 12.9. The molecule has 0 atom stereocenters. The smallest absolute Gasteiger partial charge is 0.175 e. The summed E-state index contributed by atoms with van der Waals surface area (Å²) in [5.41, 5.74) is 7.03. The Labute approximate surface area is 121 Å². The van der Waals surface area contributed by atoms with Crippen LogP contribution >= 0.6 is 11.6 Å². The number of anilines is 3. The molecule has 0 spiro atoms. The van der Waals surface area contributed by atoms with Crippen molar-refractivity contribution >= 4 is 38.5 Å². The van der Waals surface area contributed by atoms with Crippen molar-refractivity contribution in [2.75, 3.05) is 17.3 Å². The highest BCUT2D eigenvalue weighted by molar-refractivity contribution is 7.90. The Morgan fingerprint density at radius 2 is 1.80 bits per heavy atom. The molecule has 0 bridgehead atoms. The average molecular weight is 315 g/mol. The fourth-order valence-electron chi connectivity index (χ4n) is 1.62. The van der Waals surface area contributed by atoms with Gasteiger partial charge in [-0.3, -0.25) is 0 Å². The largest absolute Gasteiger partial charge is 0.397 e. The molecule has 7 heteroatoms. The van der Waals surface area contributed by atoms with Crippen LogP contribution in [0.2, 0.25) is 5.02 Å². The first-order valence-corrected chi connectivity index (χ1v) is 7.86. The van der Waals surface area contributed by atoms with Gasteiger partial charge in [-0.2, -0.15) is 0 Å². The minimum Gasteiger partial charge on any atom is -0.397 e. The number of hydrogen-bond donors (Lipinski definition) is 2. The number of nitrogens with one attached hydrogen (secondary N) is 1. The van der Waals surface area contributed by atoms with Crippen LogP contribution in [0, 0.1) is 5.82 Å². The SMILES string of the molecule is CS(=O)(=O)c1ccc(Nc2ccc(F)cc2Cl)c(N)c1. The van der Waals surface area contributed by atoms with Crippen LogP contribution in [0.4, 0.5) is 21.5 Å². The molecular formula is C13H12ClFN2O2S. The second-order valence-electron chi connectivity index (χ2n) is 4.27. The lowest BCUT2D eigenvalue weighted by Gasteiger charge is -2.11. The monoisotopic (exact) mass is 314 g/mol. The van der Waals surface area contributed by atoms with E-state index in [1.54, 1.807) is 0 Å². The lowest BCUT2D eigenvalue weighted by Crippen LogP contribution is -2.01. The van der Waals surface area contributed by atoms with E-state index in [1.807, 2.05) is 0 Å². The van der Waals surface area contributed by atoms with Crippen LogP contribution in [0.1, 0.15) is 0 Å². The van der Waals surface area contributed by atoms with Gasteiger partial charge < -0.3 is 11.1 Å². The Hall–Kier alpha value is -1.79. The maximum absolute atomic E-state index is 12.9. The first-order valence-electron chi connectivity index (χ1n) is 5.59. The molecule has 0 fully saturated rings. The molecule has 0 aliphatic carbocycles. The third kappa shape index (κ3) is 3.20. The van der Waals surface area contributed by atoms with Gasteiger partial charge in [0.2, 0.25) is 0 Å². The van der Waals surface area contributed by atoms with E-state index in [0.29, 0.717) is 11.4 Å². The summed E-state index contributed by atoms with van der Waals surface area (Å²) in [7, 11) is -3.31. The third-order valence-electron chi connectivity index (χ3n) is 2.65. The van der Waals surface area contributed by atoms with Gasteiger partial charge in [-0.25, -0.2) is 12.8 Å². The van der Waals surface area contributed by atoms with Crippen LogP contribution in [-0.4, -0.2) is 14.7 Å². The minimum absolute atomic E-state index is 0.130. The van der Waals surface area contributed by atoms with Crippen molar-refractivity contribution in [1.29, 1.82) is 0 Å². The molecule has 4 nitrogen and oxygen atoms in total. The van der Waals surface area contributed by atoms with Crippen LogP contribution in [0.3, 0.4) is 0 Å². The first-order chi connectivity index (χ1) is 9.27. The molecule has 0 heterocycles. The lowest BCUT2D eigenvalue weighted by molar-refractivity contribution is 0.602. The molecule has 0 radical (unpaired) electrons. The van der Waals surface area contributed by atoms with Crippen molar-refractivity contribution in [1.82, 2.24) is 0 Å². The van der Waals surface area contributed by atoms with E-state index in [2.05, 4.69) is 5.32 Å². The standard InChI is InChI=1S/C13H12ClFN2O2S/c1-20(18,19)9-3-5-13(11(16)7-9)17-12-4-2-8(15)6-10(12)14/h2-7,17H,16H2,1H3. The van der Waals surface area contributed by atoms with E-state index in [9.17, 15) is 12.8 Å². The zero-order valence-electron chi connectivity index (χ0n) is 10.5. The van der Waals surface area contributed by atoms with Gasteiger partial charge in [0.05, 0.1) is 27.0 Å². The van der Waals surface area contributed by atoms with Crippen LogP contribution in [0.5, 0.6) is 0 Å². The first kappa shape index (κ1) is 14.6. The highest BCUT2D eigenvalue weighted by atomic mass is 35.5. The van der Waals surface area contributed by atoms with Crippen molar-refractivity contribution in [2.24, 2.45) is 0 Å². The van der Waals surface area contributed by atoms with Gasteiger partial charge in [0.25, 0.3) is 0 Å². The topological polar surface area (TPSA) is 72.2 Å². The highest BCUT2D eigenvalue weighted by Gasteiger charge is 2.10. The number of benzene rings is 2. The summed E-state index contributed by atoms with van der Waals surface area (Å²) in [6.45, 7) is 0. The van der Waals surface area contributed by atoms with Crippen LogP contribution < -0.4 is 11.1 Å².